The Labute approximate surface area is 186 Å². The first-order chi connectivity index (χ1) is 11.4. The molecular formula is C24H45IrP2+2. The molecule has 1 rings (SSSR count). The predicted molar refractivity (Wildman–Crippen MR) is 128 cm³/mol. The molecule has 0 atom stereocenters. The molecule has 1 aromatic carbocycles. The Kier molecular flexibility index (Phi) is 9.95. The van der Waals surface area contributed by atoms with E-state index in [0.29, 0.717) is 20.6 Å². The molecule has 0 N–H and O–H groups in total. The van der Waals surface area contributed by atoms with Crippen LogP contribution in [0.15, 0.2) is 18.2 Å². The summed E-state index contributed by atoms with van der Waals surface area (Å²) in [4.78, 5) is 0. The van der Waals surface area contributed by atoms with Gasteiger partial charge in [-0.15, -0.1) is 11.1 Å². The normalized spacial score (nSPS) is 13.9. The van der Waals surface area contributed by atoms with E-state index in [1.54, 1.807) is 0 Å². The molecule has 0 bridgehead atoms. The monoisotopic (exact) mass is 588 g/mol. The van der Waals surface area contributed by atoms with Crippen LogP contribution in [0.1, 0.15) is 94.2 Å². The van der Waals surface area contributed by atoms with Gasteiger partial charge in [-0.05, 0) is 83.1 Å². The maximum absolute atomic E-state index is 3.84. The minimum Gasteiger partial charge on any atom is -0.172 e. The summed E-state index contributed by atoms with van der Waals surface area (Å²) in [7, 11) is -1.10. The van der Waals surface area contributed by atoms with Gasteiger partial charge in [0.05, 0.1) is 32.9 Å². The Hall–Kier alpha value is 0.729. The Morgan fingerprint density at radius 1 is 0.593 bits per heavy atom. The molecule has 0 unspecified atom stereocenters. The fourth-order valence-electron chi connectivity index (χ4n) is 4.47. The van der Waals surface area contributed by atoms with Crippen molar-refractivity contribution in [1.82, 2.24) is 0 Å². The fourth-order valence-corrected chi connectivity index (χ4v) is 12.3. The van der Waals surface area contributed by atoms with Gasteiger partial charge in [0, 0.05) is 15.8 Å². The van der Waals surface area contributed by atoms with E-state index in [0.717, 1.165) is 0 Å². The first kappa shape index (κ1) is 27.7. The van der Waals surface area contributed by atoms with Crippen molar-refractivity contribution in [3.8, 4) is 0 Å². The average molecular weight is 588 g/mol. The molecule has 3 heteroatoms. The molecule has 0 heterocycles. The van der Waals surface area contributed by atoms with Gasteiger partial charge in [-0.25, -0.2) is 0 Å². The smallest absolute Gasteiger partial charge is 0.172 e. The summed E-state index contributed by atoms with van der Waals surface area (Å²) in [6, 6.07) is 10.7. The molecule has 0 nitrogen and oxygen atoms in total. The first-order valence-corrected chi connectivity index (χ1v) is 13.6. The number of hydrogen-bond acceptors (Lipinski definition) is 0. The molecule has 0 saturated carbocycles. The quantitative estimate of drug-likeness (QED) is 0.247. The van der Waals surface area contributed by atoms with Crippen LogP contribution in [0.5, 0.6) is 0 Å². The predicted octanol–water partition coefficient (Wildman–Crippen LogP) is 8.11. The molecule has 27 heavy (non-hydrogen) atoms. The summed E-state index contributed by atoms with van der Waals surface area (Å²) in [5.41, 5.74) is 2.87. The molecule has 158 valence electrons. The number of benzene rings is 1. The molecule has 0 aliphatic rings. The van der Waals surface area contributed by atoms with E-state index in [1.165, 1.54) is 23.5 Å². The van der Waals surface area contributed by atoms with Gasteiger partial charge in [0.1, 0.15) is 0 Å². The van der Waals surface area contributed by atoms with Gasteiger partial charge in [0.15, 0.2) is 0 Å². The summed E-state index contributed by atoms with van der Waals surface area (Å²) in [5.74, 6) is 0. The Balaban J connectivity index is 0.00000676. The molecule has 0 amide bonds. The zero-order chi connectivity index (χ0) is 20.6. The van der Waals surface area contributed by atoms with Crippen LogP contribution in [0, 0.1) is 6.07 Å². The van der Waals surface area contributed by atoms with Crippen molar-refractivity contribution in [2.45, 2.75) is 116 Å². The van der Waals surface area contributed by atoms with Crippen molar-refractivity contribution in [1.29, 1.82) is 0 Å². The largest absolute Gasteiger partial charge is 1.00 e. The Bertz CT molecular complexity index is 503. The van der Waals surface area contributed by atoms with Gasteiger partial charge in [0.25, 0.3) is 0 Å². The van der Waals surface area contributed by atoms with E-state index in [-0.39, 0.29) is 20.1 Å². The molecular weight excluding hydrogens is 542 g/mol. The van der Waals surface area contributed by atoms with Crippen LogP contribution in [0.2, 0.25) is 0 Å². The van der Waals surface area contributed by atoms with Crippen LogP contribution in [-0.4, -0.2) is 20.6 Å². The number of hydrogen-bond donors (Lipinski definition) is 0. The van der Waals surface area contributed by atoms with Crippen molar-refractivity contribution in [3.63, 3.8) is 0 Å². The van der Waals surface area contributed by atoms with Crippen molar-refractivity contribution < 1.29 is 20.1 Å². The average Bonchev–Trinajstić information content (AvgIpc) is 2.37. The molecule has 0 fully saturated rings. The van der Waals surface area contributed by atoms with Crippen LogP contribution in [0.4, 0.5) is 0 Å². The third-order valence-corrected chi connectivity index (χ3v) is 14.0. The third-order valence-electron chi connectivity index (χ3n) is 5.27. The zero-order valence-electron chi connectivity index (χ0n) is 20.0. The summed E-state index contributed by atoms with van der Waals surface area (Å²) < 4.78 is 0. The Morgan fingerprint density at radius 2 is 0.852 bits per heavy atom. The first-order valence-electron chi connectivity index (χ1n) is 10.2. The maximum atomic E-state index is 3.84. The second-order valence-electron chi connectivity index (χ2n) is 12.0. The molecule has 1 aromatic rings. The van der Waals surface area contributed by atoms with E-state index < -0.39 is 15.8 Å². The van der Waals surface area contributed by atoms with E-state index in [1.807, 2.05) is 0 Å². The topological polar surface area (TPSA) is 0 Å². The molecule has 0 aliphatic carbocycles. The van der Waals surface area contributed by atoms with Crippen LogP contribution in [0.25, 0.3) is 0 Å². The van der Waals surface area contributed by atoms with E-state index in [2.05, 4.69) is 107 Å². The van der Waals surface area contributed by atoms with Gasteiger partial charge >= 0.3 is 20.1 Å². The van der Waals surface area contributed by atoms with Crippen molar-refractivity contribution in [3.05, 3.63) is 35.4 Å². The fraction of sp³-hybridized carbons (Fsp3) is 0.750. The second kappa shape index (κ2) is 9.69. The summed E-state index contributed by atoms with van der Waals surface area (Å²) in [5, 5.41) is 1.61. The minimum absolute atomic E-state index is 0. The van der Waals surface area contributed by atoms with E-state index in [9.17, 15) is 0 Å². The van der Waals surface area contributed by atoms with Crippen molar-refractivity contribution >= 4 is 15.8 Å². The third kappa shape index (κ3) is 8.95. The molecule has 0 radical (unpaired) electrons. The van der Waals surface area contributed by atoms with Crippen LogP contribution < -0.4 is 0 Å². The molecule has 0 aromatic heterocycles. The molecule has 0 saturated heterocycles. The second-order valence-corrected chi connectivity index (χ2v) is 20.6. The Morgan fingerprint density at radius 3 is 1.07 bits per heavy atom. The van der Waals surface area contributed by atoms with Crippen molar-refractivity contribution in [2.24, 2.45) is 0 Å². The summed E-state index contributed by atoms with van der Waals surface area (Å²) >= 11 is 0. The van der Waals surface area contributed by atoms with E-state index >= 15 is 0 Å². The maximum Gasteiger partial charge on any atom is 1.00 e. The molecule has 0 aliphatic heterocycles. The van der Waals surface area contributed by atoms with E-state index in [4.69, 9.17) is 0 Å². The van der Waals surface area contributed by atoms with Gasteiger partial charge < -0.3 is 0 Å². The summed E-state index contributed by atoms with van der Waals surface area (Å²) in [6.45, 7) is 29.1. The van der Waals surface area contributed by atoms with Crippen LogP contribution in [0.3, 0.4) is 0 Å². The molecule has 0 spiro atoms. The van der Waals surface area contributed by atoms with Crippen LogP contribution in [-0.2, 0) is 32.4 Å². The van der Waals surface area contributed by atoms with Gasteiger partial charge in [-0.3, -0.25) is 0 Å². The standard InChI is InChI=1S/C24H43P2.Ir/c1-21(2,3)25(22(4,5)6)17-19-14-13-15-20(16-19)18-26(23(7,8)9)24(10,11)12;/h13-15H,17-18H2,1-12H3;/q-1;+1/p+2. The van der Waals surface area contributed by atoms with Crippen molar-refractivity contribution in [2.75, 3.05) is 0 Å². The van der Waals surface area contributed by atoms with Gasteiger partial charge in [-0.2, -0.15) is 24.3 Å². The van der Waals surface area contributed by atoms with Gasteiger partial charge in [-0.1, -0.05) is 0 Å². The number of rotatable bonds is 4. The zero-order valence-corrected chi connectivity index (χ0v) is 24.4. The summed E-state index contributed by atoms with van der Waals surface area (Å²) in [6.07, 6.45) is 2.44. The van der Waals surface area contributed by atoms with Crippen LogP contribution >= 0.6 is 15.8 Å². The minimum atomic E-state index is -0.552. The SMILES string of the molecule is CC(C)(C)[PH+](Cc1[c-]c(C[PH+](C(C)(C)C)C(C)(C)C)ccc1)C(C)(C)C.[Ir+]. The van der Waals surface area contributed by atoms with Gasteiger partial charge in [0.2, 0.25) is 0 Å².